The number of pyridine rings is 1. The number of nitrogens with zero attached hydrogens (tertiary/aromatic N) is 2. The first-order valence-electron chi connectivity index (χ1n) is 6.18. The lowest BCUT2D eigenvalue weighted by Gasteiger charge is -2.21. The third-order valence-corrected chi connectivity index (χ3v) is 3.04. The molecule has 2 heterocycles. The minimum absolute atomic E-state index is 0.527. The third kappa shape index (κ3) is 2.73. The number of rotatable bonds is 4. The Hall–Kier alpha value is -1.09. The van der Waals surface area contributed by atoms with Gasteiger partial charge in [-0.1, -0.05) is 13.8 Å². The predicted octanol–water partition coefficient (Wildman–Crippen LogP) is 2.18. The van der Waals surface area contributed by atoms with Crippen LogP contribution in [0.4, 0.5) is 5.69 Å². The highest BCUT2D eigenvalue weighted by Crippen LogP contribution is 2.23. The van der Waals surface area contributed by atoms with Gasteiger partial charge < -0.3 is 10.2 Å². The third-order valence-electron chi connectivity index (χ3n) is 3.04. The first kappa shape index (κ1) is 11.4. The van der Waals surface area contributed by atoms with Crippen molar-refractivity contribution in [3.05, 3.63) is 24.0 Å². The number of nitrogens with one attached hydrogen (secondary N) is 1. The summed E-state index contributed by atoms with van der Waals surface area (Å²) in [6.07, 6.45) is 6.51. The van der Waals surface area contributed by atoms with Crippen LogP contribution in [-0.2, 0) is 6.54 Å². The number of aromatic nitrogens is 1. The molecule has 1 aliphatic rings. The van der Waals surface area contributed by atoms with Crippen LogP contribution in [0.15, 0.2) is 18.5 Å². The van der Waals surface area contributed by atoms with E-state index >= 15 is 0 Å². The van der Waals surface area contributed by atoms with Gasteiger partial charge in [0.15, 0.2) is 0 Å². The van der Waals surface area contributed by atoms with Crippen molar-refractivity contribution in [3.8, 4) is 0 Å². The Labute approximate surface area is 97.9 Å². The highest BCUT2D eigenvalue weighted by molar-refractivity contribution is 5.52. The summed E-state index contributed by atoms with van der Waals surface area (Å²) in [5.41, 5.74) is 2.68. The summed E-state index contributed by atoms with van der Waals surface area (Å²) >= 11 is 0. The van der Waals surface area contributed by atoms with Gasteiger partial charge in [-0.3, -0.25) is 4.98 Å². The summed E-state index contributed by atoms with van der Waals surface area (Å²) in [6, 6.07) is 2.66. The van der Waals surface area contributed by atoms with Crippen LogP contribution >= 0.6 is 0 Å². The molecule has 3 heteroatoms. The number of hydrogen-bond acceptors (Lipinski definition) is 3. The van der Waals surface area contributed by atoms with Gasteiger partial charge in [-0.2, -0.15) is 0 Å². The van der Waals surface area contributed by atoms with Crippen LogP contribution in [0.2, 0.25) is 0 Å². The van der Waals surface area contributed by atoms with E-state index in [-0.39, 0.29) is 0 Å². The van der Waals surface area contributed by atoms with E-state index < -0.39 is 0 Å². The van der Waals surface area contributed by atoms with Crippen molar-refractivity contribution in [3.63, 3.8) is 0 Å². The number of hydrogen-bond donors (Lipinski definition) is 1. The highest BCUT2D eigenvalue weighted by Gasteiger charge is 2.15. The summed E-state index contributed by atoms with van der Waals surface area (Å²) in [6.45, 7) is 7.65. The second-order valence-corrected chi connectivity index (χ2v) is 4.73. The molecule has 1 aromatic heterocycles. The van der Waals surface area contributed by atoms with Gasteiger partial charge >= 0.3 is 0 Å². The van der Waals surface area contributed by atoms with Crippen LogP contribution in [-0.4, -0.2) is 24.1 Å². The van der Waals surface area contributed by atoms with E-state index in [1.807, 2.05) is 12.4 Å². The second kappa shape index (κ2) is 5.30. The lowest BCUT2D eigenvalue weighted by atomic mass is 10.2. The van der Waals surface area contributed by atoms with Gasteiger partial charge in [0.2, 0.25) is 0 Å². The second-order valence-electron chi connectivity index (χ2n) is 4.73. The molecule has 1 aromatic rings. The molecule has 1 fully saturated rings. The topological polar surface area (TPSA) is 28.2 Å². The maximum Gasteiger partial charge on any atom is 0.0598 e. The zero-order valence-corrected chi connectivity index (χ0v) is 10.2. The zero-order chi connectivity index (χ0) is 11.4. The van der Waals surface area contributed by atoms with Crippen LogP contribution in [0.25, 0.3) is 0 Å². The molecule has 1 N–H and O–H groups in total. The Morgan fingerprint density at radius 3 is 2.81 bits per heavy atom. The van der Waals surface area contributed by atoms with E-state index in [0.29, 0.717) is 6.04 Å². The highest BCUT2D eigenvalue weighted by atomic mass is 15.2. The molecule has 0 aliphatic carbocycles. The zero-order valence-electron chi connectivity index (χ0n) is 10.2. The predicted molar refractivity (Wildman–Crippen MR) is 67.7 cm³/mol. The molecular formula is C13H21N3. The van der Waals surface area contributed by atoms with Crippen molar-refractivity contribution in [2.45, 2.75) is 39.3 Å². The van der Waals surface area contributed by atoms with Crippen LogP contribution in [0.1, 0.15) is 32.3 Å². The summed E-state index contributed by atoms with van der Waals surface area (Å²) in [5, 5.41) is 3.47. The fourth-order valence-corrected chi connectivity index (χ4v) is 2.12. The summed E-state index contributed by atoms with van der Waals surface area (Å²) in [7, 11) is 0. The monoisotopic (exact) mass is 219 g/mol. The van der Waals surface area contributed by atoms with Gasteiger partial charge in [0.25, 0.3) is 0 Å². The van der Waals surface area contributed by atoms with Gasteiger partial charge in [-0.15, -0.1) is 0 Å². The maximum absolute atomic E-state index is 4.25. The molecule has 3 nitrogen and oxygen atoms in total. The molecule has 2 rings (SSSR count). The van der Waals surface area contributed by atoms with E-state index in [1.54, 1.807) is 0 Å². The smallest absolute Gasteiger partial charge is 0.0598 e. The average Bonchev–Trinajstić information content (AvgIpc) is 2.80. The van der Waals surface area contributed by atoms with E-state index in [1.165, 1.54) is 37.2 Å². The summed E-state index contributed by atoms with van der Waals surface area (Å²) in [4.78, 5) is 6.70. The summed E-state index contributed by atoms with van der Waals surface area (Å²) < 4.78 is 0. The Morgan fingerprint density at radius 1 is 1.38 bits per heavy atom. The molecule has 0 aromatic carbocycles. The van der Waals surface area contributed by atoms with Crippen LogP contribution in [0.3, 0.4) is 0 Å². The average molecular weight is 219 g/mol. The van der Waals surface area contributed by atoms with Gasteiger partial charge in [-0.25, -0.2) is 0 Å². The largest absolute Gasteiger partial charge is 0.370 e. The van der Waals surface area contributed by atoms with Crippen molar-refractivity contribution in [2.24, 2.45) is 0 Å². The molecular weight excluding hydrogens is 198 g/mol. The fraction of sp³-hybridized carbons (Fsp3) is 0.615. The van der Waals surface area contributed by atoms with E-state index in [2.05, 4.69) is 35.1 Å². The van der Waals surface area contributed by atoms with Gasteiger partial charge in [0, 0.05) is 31.9 Å². The SMILES string of the molecule is CC(C)NCc1ccncc1N1CCCC1. The molecule has 0 amide bonds. The van der Waals surface area contributed by atoms with Gasteiger partial charge in [0.1, 0.15) is 0 Å². The minimum Gasteiger partial charge on any atom is -0.370 e. The first-order chi connectivity index (χ1) is 7.77. The van der Waals surface area contributed by atoms with E-state index in [0.717, 1.165) is 6.54 Å². The molecule has 0 spiro atoms. The van der Waals surface area contributed by atoms with Crippen molar-refractivity contribution in [1.29, 1.82) is 0 Å². The molecule has 0 saturated carbocycles. The Balaban J connectivity index is 2.10. The van der Waals surface area contributed by atoms with Gasteiger partial charge in [-0.05, 0) is 24.5 Å². The minimum atomic E-state index is 0.527. The lowest BCUT2D eigenvalue weighted by molar-refractivity contribution is 0.588. The van der Waals surface area contributed by atoms with Crippen molar-refractivity contribution in [2.75, 3.05) is 18.0 Å². The standard InChI is InChI=1S/C13H21N3/c1-11(2)15-9-12-5-6-14-10-13(12)16-7-3-4-8-16/h5-6,10-11,15H,3-4,7-9H2,1-2H3. The molecule has 88 valence electrons. The van der Waals surface area contributed by atoms with Crippen LogP contribution < -0.4 is 10.2 Å². The maximum atomic E-state index is 4.25. The molecule has 0 atom stereocenters. The Kier molecular flexibility index (Phi) is 3.78. The Bertz CT molecular complexity index is 330. The molecule has 1 aliphatic heterocycles. The van der Waals surface area contributed by atoms with Crippen LogP contribution in [0.5, 0.6) is 0 Å². The van der Waals surface area contributed by atoms with Crippen molar-refractivity contribution in [1.82, 2.24) is 10.3 Å². The van der Waals surface area contributed by atoms with Crippen molar-refractivity contribution < 1.29 is 0 Å². The first-order valence-corrected chi connectivity index (χ1v) is 6.18. The molecule has 1 saturated heterocycles. The quantitative estimate of drug-likeness (QED) is 0.841. The normalized spacial score (nSPS) is 16.1. The Morgan fingerprint density at radius 2 is 2.12 bits per heavy atom. The van der Waals surface area contributed by atoms with Crippen molar-refractivity contribution >= 4 is 5.69 Å². The van der Waals surface area contributed by atoms with E-state index in [9.17, 15) is 0 Å². The van der Waals surface area contributed by atoms with Crippen LogP contribution in [0, 0.1) is 0 Å². The lowest BCUT2D eigenvalue weighted by Crippen LogP contribution is -2.25. The number of anilines is 1. The van der Waals surface area contributed by atoms with Gasteiger partial charge in [0.05, 0.1) is 11.9 Å². The molecule has 0 bridgehead atoms. The molecule has 16 heavy (non-hydrogen) atoms. The molecule has 0 unspecified atom stereocenters. The molecule has 0 radical (unpaired) electrons. The summed E-state index contributed by atoms with van der Waals surface area (Å²) in [5.74, 6) is 0. The van der Waals surface area contributed by atoms with E-state index in [4.69, 9.17) is 0 Å². The fourth-order valence-electron chi connectivity index (χ4n) is 2.12.